The maximum Gasteiger partial charge on any atom is 0.221 e. The highest BCUT2D eigenvalue weighted by Gasteiger charge is 2.21. The third-order valence-electron chi connectivity index (χ3n) is 5.19. The van der Waals surface area contributed by atoms with Crippen LogP contribution in [0.3, 0.4) is 0 Å². The maximum absolute atomic E-state index is 11.7. The molecule has 0 aliphatic rings. The van der Waals surface area contributed by atoms with Crippen molar-refractivity contribution in [2.24, 2.45) is 5.92 Å². The molecule has 0 saturated carbocycles. The summed E-state index contributed by atoms with van der Waals surface area (Å²) in [5.74, 6) is 0.622. The summed E-state index contributed by atoms with van der Waals surface area (Å²) in [6.45, 7) is 7.85. The molecular weight excluding hydrogens is 312 g/mol. The van der Waals surface area contributed by atoms with E-state index in [1.54, 1.807) is 0 Å². The van der Waals surface area contributed by atoms with Gasteiger partial charge in [-0.05, 0) is 42.9 Å². The number of aromatic hydroxyl groups is 1. The fourth-order valence-corrected chi connectivity index (χ4v) is 3.47. The Morgan fingerprint density at radius 3 is 2.72 bits per heavy atom. The first-order chi connectivity index (χ1) is 11.9. The van der Waals surface area contributed by atoms with Crippen LogP contribution in [-0.4, -0.2) is 16.0 Å². The summed E-state index contributed by atoms with van der Waals surface area (Å²) < 4.78 is 0. The van der Waals surface area contributed by atoms with Gasteiger partial charge in [-0.1, -0.05) is 38.5 Å². The summed E-state index contributed by atoms with van der Waals surface area (Å²) in [4.78, 5) is 15.2. The number of phenols is 1. The molecule has 0 aliphatic heterocycles. The molecule has 1 aromatic heterocycles. The molecule has 0 saturated heterocycles. The van der Waals surface area contributed by atoms with E-state index in [-0.39, 0.29) is 11.7 Å². The Balaban J connectivity index is 2.29. The van der Waals surface area contributed by atoms with Gasteiger partial charge < -0.3 is 15.4 Å². The van der Waals surface area contributed by atoms with E-state index < -0.39 is 0 Å². The average Bonchev–Trinajstić information content (AvgIpc) is 2.97. The number of aryl methyl sites for hydroxylation is 1. The zero-order chi connectivity index (χ0) is 18.1. The molecule has 1 atom stereocenters. The lowest BCUT2D eigenvalue weighted by Gasteiger charge is -2.16. The lowest BCUT2D eigenvalue weighted by molar-refractivity contribution is -0.114. The number of carbonyl (C=O) groups is 1. The van der Waals surface area contributed by atoms with Crippen molar-refractivity contribution in [2.45, 2.75) is 47.0 Å². The van der Waals surface area contributed by atoms with Gasteiger partial charge in [-0.2, -0.15) is 0 Å². The average molecular weight is 338 g/mol. The number of para-hydroxylation sites is 1. The molecule has 1 unspecified atom stereocenters. The van der Waals surface area contributed by atoms with Gasteiger partial charge in [-0.15, -0.1) is 0 Å². The minimum atomic E-state index is -0.186. The van der Waals surface area contributed by atoms with E-state index in [4.69, 9.17) is 0 Å². The van der Waals surface area contributed by atoms with Crippen LogP contribution in [-0.2, 0) is 11.2 Å². The summed E-state index contributed by atoms with van der Waals surface area (Å²) in [5, 5.41) is 15.5. The highest BCUT2D eigenvalue weighted by atomic mass is 16.3. The minimum absolute atomic E-state index is 0.173. The number of carbonyl (C=O) groups excluding carboxylic acids is 1. The van der Waals surface area contributed by atoms with Gasteiger partial charge in [0, 0.05) is 23.2 Å². The van der Waals surface area contributed by atoms with Crippen molar-refractivity contribution < 1.29 is 9.90 Å². The van der Waals surface area contributed by atoms with Crippen molar-refractivity contribution in [1.29, 1.82) is 0 Å². The summed E-state index contributed by atoms with van der Waals surface area (Å²) in [6.07, 6.45) is 3.11. The zero-order valence-electron chi connectivity index (χ0n) is 15.4. The molecule has 1 amide bonds. The molecule has 4 nitrogen and oxygen atoms in total. The number of amides is 1. The lowest BCUT2D eigenvalue weighted by Crippen LogP contribution is -2.08. The highest BCUT2D eigenvalue weighted by molar-refractivity contribution is 6.18. The molecule has 25 heavy (non-hydrogen) atoms. The normalized spacial score (nSPS) is 12.6. The van der Waals surface area contributed by atoms with Gasteiger partial charge in [0.25, 0.3) is 0 Å². The molecule has 4 heteroatoms. The second-order valence-corrected chi connectivity index (χ2v) is 6.98. The number of nitrogens with one attached hydrogen (secondary N) is 2. The Morgan fingerprint density at radius 1 is 1.32 bits per heavy atom. The van der Waals surface area contributed by atoms with Gasteiger partial charge in [0.2, 0.25) is 5.91 Å². The van der Waals surface area contributed by atoms with Gasteiger partial charge >= 0.3 is 0 Å². The van der Waals surface area contributed by atoms with Crippen LogP contribution in [0.1, 0.15) is 44.7 Å². The van der Waals surface area contributed by atoms with Crippen molar-refractivity contribution in [3.8, 4) is 5.75 Å². The van der Waals surface area contributed by atoms with E-state index in [0.717, 1.165) is 52.2 Å². The van der Waals surface area contributed by atoms with Gasteiger partial charge in [-0.3, -0.25) is 4.79 Å². The Bertz CT molecular complexity index is 940. The van der Waals surface area contributed by atoms with E-state index in [0.29, 0.717) is 11.6 Å². The summed E-state index contributed by atoms with van der Waals surface area (Å²) in [6, 6.07) is 8.01. The predicted molar refractivity (Wildman–Crippen MR) is 104 cm³/mol. The molecule has 3 N–H and O–H groups in total. The van der Waals surface area contributed by atoms with Crippen molar-refractivity contribution in [2.75, 3.05) is 5.32 Å². The molecule has 0 fully saturated rings. The predicted octanol–water partition coefficient (Wildman–Crippen LogP) is 5.27. The highest BCUT2D eigenvalue weighted by Crippen LogP contribution is 2.43. The number of phenolic OH excluding ortho intramolecular Hbond substituents is 1. The molecule has 1 heterocycles. The SMILES string of the molecule is CCC(C)CCc1c(C)c(O)c(NC(C)=O)c2c1[nH]c1ccccc12. The smallest absolute Gasteiger partial charge is 0.221 e. The second-order valence-electron chi connectivity index (χ2n) is 6.98. The zero-order valence-corrected chi connectivity index (χ0v) is 15.4. The van der Waals surface area contributed by atoms with Crippen LogP contribution in [0.25, 0.3) is 21.8 Å². The molecule has 3 rings (SSSR count). The summed E-state index contributed by atoms with van der Waals surface area (Å²) >= 11 is 0. The van der Waals surface area contributed by atoms with E-state index in [1.165, 1.54) is 6.92 Å². The Hall–Kier alpha value is -2.49. The largest absolute Gasteiger partial charge is 0.505 e. The van der Waals surface area contributed by atoms with Crippen molar-refractivity contribution in [3.63, 3.8) is 0 Å². The first-order valence-electron chi connectivity index (χ1n) is 8.96. The van der Waals surface area contributed by atoms with E-state index >= 15 is 0 Å². The quantitative estimate of drug-likeness (QED) is 0.555. The molecule has 132 valence electrons. The molecule has 0 radical (unpaired) electrons. The lowest BCUT2D eigenvalue weighted by atomic mass is 9.93. The summed E-state index contributed by atoms with van der Waals surface area (Å²) in [5.41, 5.74) is 4.51. The second kappa shape index (κ2) is 6.79. The number of rotatable bonds is 5. The summed E-state index contributed by atoms with van der Waals surface area (Å²) in [7, 11) is 0. The molecular formula is C21H26N2O2. The Kier molecular flexibility index (Phi) is 4.71. The fourth-order valence-electron chi connectivity index (χ4n) is 3.47. The van der Waals surface area contributed by atoms with Gasteiger partial charge in [-0.25, -0.2) is 0 Å². The number of aromatic amines is 1. The maximum atomic E-state index is 11.7. The third kappa shape index (κ3) is 3.09. The first-order valence-corrected chi connectivity index (χ1v) is 8.96. The topological polar surface area (TPSA) is 65.1 Å². The first kappa shape index (κ1) is 17.3. The van der Waals surface area contributed by atoms with Crippen molar-refractivity contribution in [3.05, 3.63) is 35.4 Å². The number of aromatic nitrogens is 1. The monoisotopic (exact) mass is 338 g/mol. The fraction of sp³-hybridized carbons (Fsp3) is 0.381. The van der Waals surface area contributed by atoms with Crippen LogP contribution in [0.5, 0.6) is 5.75 Å². The van der Waals surface area contributed by atoms with E-state index in [1.807, 2.05) is 31.2 Å². The van der Waals surface area contributed by atoms with Gasteiger partial charge in [0.15, 0.2) is 0 Å². The van der Waals surface area contributed by atoms with Crippen LogP contribution in [0.4, 0.5) is 5.69 Å². The number of hydrogen-bond acceptors (Lipinski definition) is 2. The Morgan fingerprint density at radius 2 is 2.04 bits per heavy atom. The molecule has 0 aliphatic carbocycles. The molecule has 0 bridgehead atoms. The molecule has 2 aromatic carbocycles. The number of fused-ring (bicyclic) bond motifs is 3. The molecule has 3 aromatic rings. The number of H-pyrrole nitrogens is 1. The van der Waals surface area contributed by atoms with E-state index in [2.05, 4.69) is 24.1 Å². The van der Waals surface area contributed by atoms with Crippen LogP contribution in [0.15, 0.2) is 24.3 Å². The van der Waals surface area contributed by atoms with Crippen LogP contribution >= 0.6 is 0 Å². The molecule has 0 spiro atoms. The number of benzene rings is 2. The van der Waals surface area contributed by atoms with Crippen molar-refractivity contribution in [1.82, 2.24) is 4.98 Å². The van der Waals surface area contributed by atoms with Gasteiger partial charge in [0.05, 0.1) is 11.2 Å². The number of anilines is 1. The van der Waals surface area contributed by atoms with Gasteiger partial charge in [0.1, 0.15) is 5.75 Å². The van der Waals surface area contributed by atoms with Crippen LogP contribution in [0.2, 0.25) is 0 Å². The minimum Gasteiger partial charge on any atom is -0.505 e. The van der Waals surface area contributed by atoms with Crippen LogP contribution in [0, 0.1) is 12.8 Å². The Labute approximate surface area is 148 Å². The standard InChI is InChI=1S/C21H26N2O2/c1-5-12(2)10-11-15-13(3)21(25)20(22-14(4)24)18-16-8-6-7-9-17(16)23-19(15)18/h6-9,12,23,25H,5,10-11H2,1-4H3,(H,22,24). The van der Waals surface area contributed by atoms with E-state index in [9.17, 15) is 9.90 Å². The van der Waals surface area contributed by atoms with Crippen molar-refractivity contribution >= 4 is 33.4 Å². The van der Waals surface area contributed by atoms with Crippen LogP contribution < -0.4 is 5.32 Å². The number of hydrogen-bond donors (Lipinski definition) is 3. The third-order valence-corrected chi connectivity index (χ3v) is 5.19.